The van der Waals surface area contributed by atoms with Gasteiger partial charge in [0.15, 0.2) is 0 Å². The lowest BCUT2D eigenvalue weighted by Gasteiger charge is -2.10. The van der Waals surface area contributed by atoms with Crippen LogP contribution in [-0.2, 0) is 4.74 Å². The van der Waals surface area contributed by atoms with Gasteiger partial charge < -0.3 is 14.2 Å². The molecule has 5 heteroatoms. The molecule has 0 aliphatic carbocycles. The number of hydrogen-bond donors (Lipinski definition) is 0. The summed E-state index contributed by atoms with van der Waals surface area (Å²) < 4.78 is 28.6. The highest BCUT2D eigenvalue weighted by Crippen LogP contribution is 2.32. The molecule has 1 aromatic rings. The molecule has 84 valence electrons. The van der Waals surface area contributed by atoms with Gasteiger partial charge in [0, 0.05) is 19.2 Å². The predicted octanol–water partition coefficient (Wildman–Crippen LogP) is 2.62. The van der Waals surface area contributed by atoms with E-state index in [0.717, 1.165) is 0 Å². The maximum Gasteiger partial charge on any atom is 0.144 e. The molecule has 15 heavy (non-hydrogen) atoms. The van der Waals surface area contributed by atoms with E-state index in [1.54, 1.807) is 13.2 Å². The molecule has 0 heterocycles. The third-order valence-corrected chi connectivity index (χ3v) is 2.52. The number of halogens is 2. The van der Waals surface area contributed by atoms with Crippen LogP contribution in [0.25, 0.3) is 0 Å². The molecular weight excluding hydrogens is 267 g/mol. The second-order valence-corrected chi connectivity index (χ2v) is 3.56. The molecule has 0 saturated heterocycles. The van der Waals surface area contributed by atoms with Gasteiger partial charge in [0.05, 0.1) is 18.2 Å². The number of hydrogen-bond acceptors (Lipinski definition) is 3. The van der Waals surface area contributed by atoms with Gasteiger partial charge in [-0.15, -0.1) is 0 Å². The fourth-order valence-corrected chi connectivity index (χ4v) is 1.34. The van der Waals surface area contributed by atoms with Crippen molar-refractivity contribution in [2.45, 2.75) is 0 Å². The fourth-order valence-electron chi connectivity index (χ4n) is 0.998. The Bertz CT molecular complexity index is 331. The van der Waals surface area contributed by atoms with E-state index in [4.69, 9.17) is 14.2 Å². The van der Waals surface area contributed by atoms with E-state index >= 15 is 0 Å². The highest BCUT2D eigenvalue weighted by atomic mass is 79.9. The third kappa shape index (κ3) is 3.35. The summed E-state index contributed by atoms with van der Waals surface area (Å²) in [6.07, 6.45) is 0. The van der Waals surface area contributed by atoms with Crippen LogP contribution in [0.3, 0.4) is 0 Å². The van der Waals surface area contributed by atoms with Crippen LogP contribution in [0, 0.1) is 5.82 Å². The monoisotopic (exact) mass is 278 g/mol. The summed E-state index contributed by atoms with van der Waals surface area (Å²) in [4.78, 5) is 0. The zero-order valence-electron chi connectivity index (χ0n) is 8.55. The predicted molar refractivity (Wildman–Crippen MR) is 58.0 cm³/mol. The van der Waals surface area contributed by atoms with E-state index < -0.39 is 5.82 Å². The Morgan fingerprint density at radius 2 is 2.00 bits per heavy atom. The van der Waals surface area contributed by atoms with Crippen LogP contribution in [0.4, 0.5) is 4.39 Å². The Kier molecular flexibility index (Phi) is 4.84. The van der Waals surface area contributed by atoms with Gasteiger partial charge in [0.2, 0.25) is 0 Å². The summed E-state index contributed by atoms with van der Waals surface area (Å²) in [6.45, 7) is 0.812. The van der Waals surface area contributed by atoms with E-state index in [1.807, 2.05) is 0 Å². The van der Waals surface area contributed by atoms with Crippen LogP contribution in [0.15, 0.2) is 16.6 Å². The van der Waals surface area contributed by atoms with Gasteiger partial charge in [-0.3, -0.25) is 0 Å². The molecule has 0 bridgehead atoms. The van der Waals surface area contributed by atoms with Crippen LogP contribution in [0.2, 0.25) is 0 Å². The van der Waals surface area contributed by atoms with Crippen molar-refractivity contribution in [3.05, 3.63) is 22.4 Å². The van der Waals surface area contributed by atoms with Crippen LogP contribution in [0.5, 0.6) is 11.5 Å². The lowest BCUT2D eigenvalue weighted by atomic mass is 10.3. The van der Waals surface area contributed by atoms with E-state index in [1.165, 1.54) is 13.2 Å². The zero-order chi connectivity index (χ0) is 11.3. The van der Waals surface area contributed by atoms with Gasteiger partial charge in [-0.1, -0.05) is 0 Å². The first-order valence-electron chi connectivity index (χ1n) is 4.33. The Hall–Kier alpha value is -0.810. The van der Waals surface area contributed by atoms with E-state index in [0.29, 0.717) is 29.2 Å². The van der Waals surface area contributed by atoms with Gasteiger partial charge in [-0.2, -0.15) is 0 Å². The van der Waals surface area contributed by atoms with Crippen molar-refractivity contribution in [1.82, 2.24) is 0 Å². The molecule has 1 rings (SSSR count). The minimum absolute atomic E-state index is 0.291. The average molecular weight is 279 g/mol. The molecule has 0 fully saturated rings. The quantitative estimate of drug-likeness (QED) is 0.775. The summed E-state index contributed by atoms with van der Waals surface area (Å²) >= 11 is 3.10. The molecule has 0 aliphatic heterocycles. The summed E-state index contributed by atoms with van der Waals surface area (Å²) in [5.74, 6) is 0.411. The molecule has 0 atom stereocenters. The topological polar surface area (TPSA) is 27.7 Å². The van der Waals surface area contributed by atoms with Gasteiger partial charge in [0.1, 0.15) is 23.9 Å². The molecule has 3 nitrogen and oxygen atoms in total. The number of methoxy groups -OCH3 is 2. The fraction of sp³-hybridized carbons (Fsp3) is 0.400. The largest absolute Gasteiger partial charge is 0.497 e. The second kappa shape index (κ2) is 5.92. The van der Waals surface area contributed by atoms with Crippen LogP contribution in [-0.4, -0.2) is 27.4 Å². The van der Waals surface area contributed by atoms with Gasteiger partial charge in [0.25, 0.3) is 0 Å². The minimum atomic E-state index is -0.415. The minimum Gasteiger partial charge on any atom is -0.497 e. The summed E-state index contributed by atoms with van der Waals surface area (Å²) in [5, 5.41) is 0. The first-order chi connectivity index (χ1) is 7.19. The van der Waals surface area contributed by atoms with E-state index in [-0.39, 0.29) is 0 Å². The first-order valence-corrected chi connectivity index (χ1v) is 5.13. The van der Waals surface area contributed by atoms with Crippen LogP contribution < -0.4 is 9.47 Å². The third-order valence-electron chi connectivity index (χ3n) is 1.75. The van der Waals surface area contributed by atoms with Crippen LogP contribution >= 0.6 is 15.9 Å². The first kappa shape index (κ1) is 12.3. The highest BCUT2D eigenvalue weighted by molar-refractivity contribution is 9.10. The van der Waals surface area contributed by atoms with E-state index in [2.05, 4.69) is 15.9 Å². The molecule has 0 saturated carbocycles. The molecule has 0 aromatic heterocycles. The molecular formula is C10H12BrFO3. The Labute approximate surface area is 96.3 Å². The SMILES string of the molecule is COCCOc1cc(OC)cc(F)c1Br. The van der Waals surface area contributed by atoms with Crippen molar-refractivity contribution in [3.8, 4) is 11.5 Å². The maximum atomic E-state index is 13.3. The molecule has 0 spiro atoms. The lowest BCUT2D eigenvalue weighted by molar-refractivity contribution is 0.145. The standard InChI is InChI=1S/C10H12BrFO3/c1-13-3-4-15-9-6-7(14-2)5-8(12)10(9)11/h5-6H,3-4H2,1-2H3. The smallest absolute Gasteiger partial charge is 0.144 e. The number of benzene rings is 1. The van der Waals surface area contributed by atoms with Crippen molar-refractivity contribution in [2.75, 3.05) is 27.4 Å². The van der Waals surface area contributed by atoms with Crippen molar-refractivity contribution in [2.24, 2.45) is 0 Å². The van der Waals surface area contributed by atoms with Crippen molar-refractivity contribution >= 4 is 15.9 Å². The summed E-state index contributed by atoms with van der Waals surface area (Å²) in [7, 11) is 3.05. The van der Waals surface area contributed by atoms with Crippen molar-refractivity contribution in [3.63, 3.8) is 0 Å². The average Bonchev–Trinajstić information content (AvgIpc) is 2.24. The van der Waals surface area contributed by atoms with Gasteiger partial charge in [-0.25, -0.2) is 4.39 Å². The highest BCUT2D eigenvalue weighted by Gasteiger charge is 2.09. The molecule has 0 radical (unpaired) electrons. The zero-order valence-corrected chi connectivity index (χ0v) is 10.1. The number of ether oxygens (including phenoxy) is 3. The van der Waals surface area contributed by atoms with Crippen molar-refractivity contribution < 1.29 is 18.6 Å². The lowest BCUT2D eigenvalue weighted by Crippen LogP contribution is -2.05. The molecule has 1 aromatic carbocycles. The maximum absolute atomic E-state index is 13.3. The molecule has 0 amide bonds. The van der Waals surface area contributed by atoms with Crippen LogP contribution in [0.1, 0.15) is 0 Å². The van der Waals surface area contributed by atoms with Crippen molar-refractivity contribution in [1.29, 1.82) is 0 Å². The Morgan fingerprint density at radius 1 is 1.27 bits per heavy atom. The number of rotatable bonds is 5. The summed E-state index contributed by atoms with van der Waals surface area (Å²) in [6, 6.07) is 2.90. The Morgan fingerprint density at radius 3 is 2.60 bits per heavy atom. The molecule has 0 N–H and O–H groups in total. The molecule has 0 aliphatic rings. The summed E-state index contributed by atoms with van der Waals surface area (Å²) in [5.41, 5.74) is 0. The van der Waals surface area contributed by atoms with Gasteiger partial charge in [-0.05, 0) is 15.9 Å². The van der Waals surface area contributed by atoms with E-state index in [9.17, 15) is 4.39 Å². The van der Waals surface area contributed by atoms with Gasteiger partial charge >= 0.3 is 0 Å². The second-order valence-electron chi connectivity index (χ2n) is 2.76. The normalized spacial score (nSPS) is 10.1. The Balaban J connectivity index is 2.80. The molecule has 0 unspecified atom stereocenters.